The number of aliphatic hydroxyl groups excluding tert-OH is 1. The molecule has 0 radical (unpaired) electrons. The van der Waals surface area contributed by atoms with Crippen LogP contribution >= 0.6 is 0 Å². The summed E-state index contributed by atoms with van der Waals surface area (Å²) in [7, 11) is 4.86. The van der Waals surface area contributed by atoms with Gasteiger partial charge in [0.2, 0.25) is 0 Å². The molecular weight excluding hydrogens is 682 g/mol. The normalized spacial score (nSPS) is 17.8. The van der Waals surface area contributed by atoms with Crippen LogP contribution in [-0.2, 0) is 36.9 Å². The molecule has 53 heavy (non-hydrogen) atoms. The molecule has 0 aromatic heterocycles. The summed E-state index contributed by atoms with van der Waals surface area (Å²) in [6, 6.07) is 27.5. The number of fused-ring (bicyclic) bond motifs is 1. The van der Waals surface area contributed by atoms with E-state index in [1.165, 1.54) is 4.90 Å². The number of carbonyl (C=O) groups is 1. The maximum Gasteiger partial charge on any atom is 0.407 e. The number of nitrogens with zero attached hydrogens (tertiary/aromatic N) is 1. The van der Waals surface area contributed by atoms with Crippen LogP contribution in [0.3, 0.4) is 0 Å². The van der Waals surface area contributed by atoms with Gasteiger partial charge in [0.1, 0.15) is 23.4 Å². The largest absolute Gasteiger partial charge is 0.496 e. The highest BCUT2D eigenvalue weighted by molar-refractivity contribution is 5.89. The van der Waals surface area contributed by atoms with Gasteiger partial charge in [0.25, 0.3) is 0 Å². The van der Waals surface area contributed by atoms with Gasteiger partial charge in [0, 0.05) is 30.4 Å². The van der Waals surface area contributed by atoms with E-state index in [0.29, 0.717) is 45.2 Å². The molecule has 4 atom stereocenters. The summed E-state index contributed by atoms with van der Waals surface area (Å²) >= 11 is 0. The summed E-state index contributed by atoms with van der Waals surface area (Å²) < 4.78 is 46.3. The molecule has 1 aliphatic rings. The molecule has 0 aliphatic carbocycles. The third-order valence-electron chi connectivity index (χ3n) is 9.10. The molecule has 1 amide bonds. The van der Waals surface area contributed by atoms with Crippen molar-refractivity contribution in [3.05, 3.63) is 102 Å². The molecule has 4 aromatic rings. The minimum atomic E-state index is -1.07. The molecule has 2 N–H and O–H groups in total. The smallest absolute Gasteiger partial charge is 0.407 e. The Morgan fingerprint density at radius 2 is 1.51 bits per heavy atom. The van der Waals surface area contributed by atoms with Crippen molar-refractivity contribution < 1.29 is 52.9 Å². The molecule has 1 saturated heterocycles. The second-order valence-corrected chi connectivity index (χ2v) is 12.8. The topological polar surface area (TPSA) is 135 Å². The molecule has 12 heteroatoms. The van der Waals surface area contributed by atoms with Crippen molar-refractivity contribution in [2.45, 2.75) is 43.9 Å². The lowest BCUT2D eigenvalue weighted by Crippen LogP contribution is -2.54. The van der Waals surface area contributed by atoms with Crippen molar-refractivity contribution in [3.8, 4) is 17.2 Å². The van der Waals surface area contributed by atoms with Crippen LogP contribution < -0.4 is 14.2 Å². The molecule has 0 spiro atoms. The van der Waals surface area contributed by atoms with Crippen LogP contribution in [0.15, 0.2) is 84.9 Å². The van der Waals surface area contributed by atoms with E-state index in [1.807, 2.05) is 84.9 Å². The lowest BCUT2D eigenvalue weighted by molar-refractivity contribution is -0.110. The van der Waals surface area contributed by atoms with Crippen molar-refractivity contribution in [1.29, 1.82) is 0 Å². The third kappa shape index (κ3) is 11.5. The molecule has 1 fully saturated rings. The first kappa shape index (κ1) is 39.8. The van der Waals surface area contributed by atoms with Crippen LogP contribution in [0.25, 0.3) is 10.8 Å². The van der Waals surface area contributed by atoms with E-state index in [-0.39, 0.29) is 38.8 Å². The van der Waals surface area contributed by atoms with E-state index in [1.54, 1.807) is 21.3 Å². The molecule has 0 saturated carbocycles. The van der Waals surface area contributed by atoms with Crippen molar-refractivity contribution in [1.82, 2.24) is 4.90 Å². The Hall–Kier alpha value is -4.43. The van der Waals surface area contributed by atoms with E-state index in [0.717, 1.165) is 39.0 Å². The number of carboxylic acid groups (broad SMARTS) is 1. The maximum absolute atomic E-state index is 12.3. The van der Waals surface area contributed by atoms with Crippen LogP contribution in [0.2, 0.25) is 0 Å². The quantitative estimate of drug-likeness (QED) is 0.0990. The van der Waals surface area contributed by atoms with Gasteiger partial charge in [0.05, 0.1) is 92.4 Å². The number of piperidine rings is 1. The van der Waals surface area contributed by atoms with Gasteiger partial charge < -0.3 is 53.0 Å². The first-order chi connectivity index (χ1) is 25.9. The average molecular weight is 734 g/mol. The second-order valence-electron chi connectivity index (χ2n) is 12.8. The maximum atomic E-state index is 12.3. The van der Waals surface area contributed by atoms with E-state index in [2.05, 4.69) is 0 Å². The molecule has 12 nitrogen and oxygen atoms in total. The highest BCUT2D eigenvalue weighted by atomic mass is 16.5. The summed E-state index contributed by atoms with van der Waals surface area (Å²) in [6.45, 7) is 2.69. The van der Waals surface area contributed by atoms with Gasteiger partial charge in [-0.1, -0.05) is 54.6 Å². The van der Waals surface area contributed by atoms with Crippen LogP contribution in [0.5, 0.6) is 17.2 Å². The summed E-state index contributed by atoms with van der Waals surface area (Å²) in [5.74, 6) is 1.88. The van der Waals surface area contributed by atoms with Gasteiger partial charge in [-0.05, 0) is 46.8 Å². The van der Waals surface area contributed by atoms with Crippen LogP contribution in [0, 0.1) is 0 Å². The average Bonchev–Trinajstić information content (AvgIpc) is 3.19. The number of para-hydroxylation sites is 1. The Kier molecular flexibility index (Phi) is 15.5. The lowest BCUT2D eigenvalue weighted by Gasteiger charge is -2.43. The standard InChI is InChI=1S/C41H51NO11/c1-46-19-20-50-27-33(43)28-53-39-24-42(41(44)45)23-38(52-25-29-21-31-9-4-6-11-35(31)37(22-29)48-3)40(39)30-13-15-34(16-14-30)51-18-8-17-49-26-32-10-5-7-12-36(32)47-2/h4-7,9-16,21-22,33,38-40,43H,8,17-20,23-28H2,1-3H3,(H,44,45)/t33-,38+,39-,40-/m1/s1. The van der Waals surface area contributed by atoms with Crippen LogP contribution in [0.4, 0.5) is 4.79 Å². The number of benzene rings is 4. The number of hydrogen-bond acceptors (Lipinski definition) is 10. The third-order valence-corrected chi connectivity index (χ3v) is 9.10. The first-order valence-corrected chi connectivity index (χ1v) is 17.8. The summed E-state index contributed by atoms with van der Waals surface area (Å²) in [6.07, 6.45) is -2.46. The molecule has 5 rings (SSSR count). The fraction of sp³-hybridized carbons (Fsp3) is 0.439. The van der Waals surface area contributed by atoms with E-state index in [9.17, 15) is 15.0 Å². The minimum absolute atomic E-state index is 0.0451. The predicted molar refractivity (Wildman–Crippen MR) is 199 cm³/mol. The molecule has 0 bridgehead atoms. The molecule has 1 heterocycles. The number of hydrogen-bond donors (Lipinski definition) is 2. The highest BCUT2D eigenvalue weighted by Crippen LogP contribution is 2.35. The number of methoxy groups -OCH3 is 3. The van der Waals surface area contributed by atoms with Gasteiger partial charge in [-0.3, -0.25) is 0 Å². The zero-order chi connectivity index (χ0) is 37.4. The SMILES string of the molecule is COCCOC[C@@H](O)CO[C@@H]1CN(C(=O)O)C[C@H](OCc2cc(OC)c3ccccc3c2)[C@H]1c1ccc(OCCCOCc2ccccc2OC)cc1. The van der Waals surface area contributed by atoms with Crippen molar-refractivity contribution >= 4 is 16.9 Å². The first-order valence-electron chi connectivity index (χ1n) is 17.8. The number of aliphatic hydroxyl groups is 1. The minimum Gasteiger partial charge on any atom is -0.496 e. The van der Waals surface area contributed by atoms with Crippen LogP contribution in [0.1, 0.15) is 29.0 Å². The zero-order valence-corrected chi connectivity index (χ0v) is 30.7. The monoisotopic (exact) mass is 733 g/mol. The number of ether oxygens (including phenoxy) is 8. The van der Waals surface area contributed by atoms with E-state index in [4.69, 9.17) is 37.9 Å². The fourth-order valence-electron chi connectivity index (χ4n) is 6.45. The summed E-state index contributed by atoms with van der Waals surface area (Å²) in [5, 5.41) is 22.7. The molecule has 0 unspecified atom stereocenters. The number of amides is 1. The molecule has 286 valence electrons. The Morgan fingerprint density at radius 3 is 2.26 bits per heavy atom. The summed E-state index contributed by atoms with van der Waals surface area (Å²) in [5.41, 5.74) is 2.79. The molecule has 1 aliphatic heterocycles. The number of rotatable bonds is 21. The van der Waals surface area contributed by atoms with Crippen molar-refractivity contribution in [2.24, 2.45) is 0 Å². The van der Waals surface area contributed by atoms with Gasteiger partial charge in [-0.2, -0.15) is 0 Å². The zero-order valence-electron chi connectivity index (χ0n) is 30.7. The predicted octanol–water partition coefficient (Wildman–Crippen LogP) is 5.91. The Labute approximate surface area is 311 Å². The number of likely N-dealkylation sites (tertiary alicyclic amines) is 1. The fourth-order valence-corrected chi connectivity index (χ4v) is 6.45. The van der Waals surface area contributed by atoms with Crippen molar-refractivity contribution in [3.63, 3.8) is 0 Å². The second kappa shape index (κ2) is 20.7. The van der Waals surface area contributed by atoms with Gasteiger partial charge in [-0.15, -0.1) is 0 Å². The van der Waals surface area contributed by atoms with E-state index < -0.39 is 24.4 Å². The van der Waals surface area contributed by atoms with Crippen molar-refractivity contribution in [2.75, 3.05) is 74.1 Å². The van der Waals surface area contributed by atoms with Gasteiger partial charge >= 0.3 is 6.09 Å². The van der Waals surface area contributed by atoms with Gasteiger partial charge in [-0.25, -0.2) is 4.79 Å². The summed E-state index contributed by atoms with van der Waals surface area (Å²) in [4.78, 5) is 13.6. The lowest BCUT2D eigenvalue weighted by atomic mass is 9.84. The molecule has 4 aromatic carbocycles. The van der Waals surface area contributed by atoms with E-state index >= 15 is 0 Å². The Bertz CT molecular complexity index is 1700. The highest BCUT2D eigenvalue weighted by Gasteiger charge is 2.41. The van der Waals surface area contributed by atoms with Crippen LogP contribution in [-0.4, -0.2) is 114 Å². The Balaban J connectivity index is 1.27. The van der Waals surface area contributed by atoms with Gasteiger partial charge in [0.15, 0.2) is 0 Å². The Morgan fingerprint density at radius 1 is 0.774 bits per heavy atom. The molecular formula is C41H51NO11.